The molecule has 136 valence electrons. The lowest BCUT2D eigenvalue weighted by atomic mass is 10.0. The van der Waals surface area contributed by atoms with Crippen LogP contribution < -0.4 is 0 Å². The van der Waals surface area contributed by atoms with Crippen LogP contribution in [0, 0.1) is 0 Å². The number of fused-ring (bicyclic) bond motifs is 1. The van der Waals surface area contributed by atoms with Crippen LogP contribution in [0.25, 0.3) is 5.57 Å². The standard InChI is InChI=1S/C20H29NO3Si/c1-20(2,3)25(5,6)24-15-12-16-18(23-4)17(19(22)21(16)13-15)14-10-8-7-9-11-14/h7-11,15-16H,12-13H2,1-6H3/t15-,16+/m1/s1. The highest BCUT2D eigenvalue weighted by molar-refractivity contribution is 6.74. The fourth-order valence-electron chi connectivity index (χ4n) is 3.47. The summed E-state index contributed by atoms with van der Waals surface area (Å²) in [4.78, 5) is 14.9. The lowest BCUT2D eigenvalue weighted by molar-refractivity contribution is -0.124. The second-order valence-electron chi connectivity index (χ2n) is 8.52. The number of methoxy groups -OCH3 is 1. The van der Waals surface area contributed by atoms with Crippen LogP contribution in [0.5, 0.6) is 0 Å². The molecule has 2 atom stereocenters. The van der Waals surface area contributed by atoms with Gasteiger partial charge in [0.05, 0.1) is 24.8 Å². The molecule has 1 fully saturated rings. The Morgan fingerprint density at radius 1 is 1.16 bits per heavy atom. The molecule has 0 aromatic heterocycles. The molecule has 25 heavy (non-hydrogen) atoms. The number of rotatable bonds is 4. The van der Waals surface area contributed by atoms with E-state index in [4.69, 9.17) is 9.16 Å². The number of hydrogen-bond acceptors (Lipinski definition) is 3. The van der Waals surface area contributed by atoms with Gasteiger partial charge in [-0.05, 0) is 23.7 Å². The van der Waals surface area contributed by atoms with Crippen molar-refractivity contribution < 1.29 is 14.0 Å². The van der Waals surface area contributed by atoms with E-state index in [0.717, 1.165) is 17.7 Å². The SMILES string of the molecule is COC1=C(c2ccccc2)C(=O)N2C[C@H](O[Si](C)(C)C(C)(C)C)C[C@@H]12. The van der Waals surface area contributed by atoms with Crippen molar-refractivity contribution in [1.29, 1.82) is 0 Å². The minimum Gasteiger partial charge on any atom is -0.498 e. The molecule has 0 unspecified atom stereocenters. The van der Waals surface area contributed by atoms with Gasteiger partial charge in [-0.15, -0.1) is 0 Å². The first-order chi connectivity index (χ1) is 11.7. The number of nitrogens with zero attached hydrogens (tertiary/aromatic N) is 1. The van der Waals surface area contributed by atoms with Gasteiger partial charge >= 0.3 is 0 Å². The summed E-state index contributed by atoms with van der Waals surface area (Å²) in [6.07, 6.45) is 0.912. The Hall–Kier alpha value is -1.59. The molecule has 0 radical (unpaired) electrons. The van der Waals surface area contributed by atoms with Gasteiger partial charge in [-0.25, -0.2) is 0 Å². The average Bonchev–Trinajstić information content (AvgIpc) is 3.04. The highest BCUT2D eigenvalue weighted by Gasteiger charge is 2.49. The summed E-state index contributed by atoms with van der Waals surface area (Å²) in [6.45, 7) is 11.9. The number of hydrogen-bond donors (Lipinski definition) is 0. The number of carbonyl (C=O) groups is 1. The Labute approximate surface area is 151 Å². The number of ether oxygens (including phenoxy) is 1. The molecular formula is C20H29NO3Si. The molecule has 1 amide bonds. The summed E-state index contributed by atoms with van der Waals surface area (Å²) < 4.78 is 12.2. The zero-order valence-electron chi connectivity index (χ0n) is 16.1. The molecule has 4 nitrogen and oxygen atoms in total. The first kappa shape index (κ1) is 18.2. The zero-order chi connectivity index (χ0) is 18.4. The Morgan fingerprint density at radius 3 is 2.36 bits per heavy atom. The van der Waals surface area contributed by atoms with Crippen LogP contribution in [-0.4, -0.2) is 44.9 Å². The normalized spacial score (nSPS) is 24.1. The third-order valence-electron chi connectivity index (χ3n) is 5.84. The topological polar surface area (TPSA) is 38.8 Å². The van der Waals surface area contributed by atoms with Crippen LogP contribution >= 0.6 is 0 Å². The molecule has 1 aromatic carbocycles. The van der Waals surface area contributed by atoms with Crippen molar-refractivity contribution in [3.63, 3.8) is 0 Å². The van der Waals surface area contributed by atoms with Crippen LogP contribution in [0.4, 0.5) is 0 Å². The van der Waals surface area contributed by atoms with E-state index in [-0.39, 0.29) is 23.1 Å². The third kappa shape index (κ3) is 3.15. The first-order valence-corrected chi connectivity index (χ1v) is 11.9. The highest BCUT2D eigenvalue weighted by Crippen LogP contribution is 2.43. The van der Waals surface area contributed by atoms with Gasteiger partial charge in [0.15, 0.2) is 8.32 Å². The fourth-order valence-corrected chi connectivity index (χ4v) is 4.83. The van der Waals surface area contributed by atoms with Crippen LogP contribution in [0.1, 0.15) is 32.8 Å². The van der Waals surface area contributed by atoms with Gasteiger partial charge in [0, 0.05) is 13.0 Å². The monoisotopic (exact) mass is 359 g/mol. The van der Waals surface area contributed by atoms with Crippen LogP contribution in [0.2, 0.25) is 18.1 Å². The van der Waals surface area contributed by atoms with Crippen molar-refractivity contribution in [2.75, 3.05) is 13.7 Å². The second-order valence-corrected chi connectivity index (χ2v) is 13.3. The largest absolute Gasteiger partial charge is 0.498 e. The predicted molar refractivity (Wildman–Crippen MR) is 103 cm³/mol. The summed E-state index contributed by atoms with van der Waals surface area (Å²) in [5.41, 5.74) is 1.64. The molecule has 0 spiro atoms. The molecule has 1 saturated heterocycles. The number of carbonyl (C=O) groups excluding carboxylic acids is 1. The lowest BCUT2D eigenvalue weighted by Crippen LogP contribution is -2.44. The van der Waals surface area contributed by atoms with Crippen LogP contribution in [0.3, 0.4) is 0 Å². The van der Waals surface area contributed by atoms with E-state index in [1.54, 1.807) is 7.11 Å². The number of benzene rings is 1. The molecule has 0 aliphatic carbocycles. The van der Waals surface area contributed by atoms with Gasteiger partial charge in [0.2, 0.25) is 0 Å². The lowest BCUT2D eigenvalue weighted by Gasteiger charge is -2.38. The van der Waals surface area contributed by atoms with E-state index in [1.165, 1.54) is 0 Å². The maximum absolute atomic E-state index is 13.0. The van der Waals surface area contributed by atoms with Crippen molar-refractivity contribution in [3.05, 3.63) is 41.7 Å². The minimum absolute atomic E-state index is 0.00229. The third-order valence-corrected chi connectivity index (χ3v) is 10.4. The molecule has 0 bridgehead atoms. The van der Waals surface area contributed by atoms with Gasteiger partial charge in [-0.3, -0.25) is 4.79 Å². The Kier molecular flexibility index (Phi) is 4.58. The van der Waals surface area contributed by atoms with Gasteiger partial charge in [-0.2, -0.15) is 0 Å². The molecule has 0 saturated carbocycles. The summed E-state index contributed by atoms with van der Waals surface area (Å²) >= 11 is 0. The second kappa shape index (κ2) is 6.29. The van der Waals surface area contributed by atoms with Crippen molar-refractivity contribution >= 4 is 19.8 Å². The molecule has 3 rings (SSSR count). The van der Waals surface area contributed by atoms with E-state index in [9.17, 15) is 4.79 Å². The minimum atomic E-state index is -1.85. The van der Waals surface area contributed by atoms with Gasteiger partial charge in [0.25, 0.3) is 5.91 Å². The van der Waals surface area contributed by atoms with Crippen molar-refractivity contribution in [2.24, 2.45) is 0 Å². The Bertz CT molecular complexity index is 691. The van der Waals surface area contributed by atoms with E-state index in [1.807, 2.05) is 35.2 Å². The van der Waals surface area contributed by atoms with Gasteiger partial charge < -0.3 is 14.1 Å². The van der Waals surface area contributed by atoms with E-state index in [0.29, 0.717) is 12.1 Å². The summed E-state index contributed by atoms with van der Waals surface area (Å²) in [7, 11) is -0.184. The van der Waals surface area contributed by atoms with E-state index >= 15 is 0 Å². The van der Waals surface area contributed by atoms with Crippen LogP contribution in [0.15, 0.2) is 36.1 Å². The molecule has 1 aromatic rings. The van der Waals surface area contributed by atoms with Crippen molar-refractivity contribution in [2.45, 2.75) is 57.5 Å². The number of amides is 1. The molecule has 2 aliphatic heterocycles. The van der Waals surface area contributed by atoms with Crippen molar-refractivity contribution in [3.8, 4) is 0 Å². The molecule has 5 heteroatoms. The fraction of sp³-hybridized carbons (Fsp3) is 0.550. The Balaban J connectivity index is 1.84. The summed E-state index contributed by atoms with van der Waals surface area (Å²) in [6, 6.07) is 9.81. The highest BCUT2D eigenvalue weighted by atomic mass is 28.4. The first-order valence-electron chi connectivity index (χ1n) is 8.98. The predicted octanol–water partition coefficient (Wildman–Crippen LogP) is 4.05. The maximum atomic E-state index is 13.0. The van der Waals surface area contributed by atoms with Gasteiger partial charge in [-0.1, -0.05) is 51.1 Å². The molecule has 0 N–H and O–H groups in total. The molecule has 2 aliphatic rings. The summed E-state index contributed by atoms with van der Waals surface area (Å²) in [5.74, 6) is 0.854. The quantitative estimate of drug-likeness (QED) is 0.761. The van der Waals surface area contributed by atoms with E-state index < -0.39 is 8.32 Å². The van der Waals surface area contributed by atoms with Gasteiger partial charge in [0.1, 0.15) is 5.76 Å². The smallest absolute Gasteiger partial charge is 0.258 e. The molecule has 2 heterocycles. The summed E-state index contributed by atoms with van der Waals surface area (Å²) in [5, 5.41) is 0.166. The molecular weight excluding hydrogens is 330 g/mol. The average molecular weight is 360 g/mol. The maximum Gasteiger partial charge on any atom is 0.258 e. The van der Waals surface area contributed by atoms with E-state index in [2.05, 4.69) is 33.9 Å². The zero-order valence-corrected chi connectivity index (χ0v) is 17.1. The van der Waals surface area contributed by atoms with Crippen LogP contribution in [-0.2, 0) is 14.0 Å². The Morgan fingerprint density at radius 2 is 1.80 bits per heavy atom. The van der Waals surface area contributed by atoms with Crippen molar-refractivity contribution in [1.82, 2.24) is 4.90 Å².